The van der Waals surface area contributed by atoms with E-state index in [2.05, 4.69) is 10.3 Å². The molecule has 15 heavy (non-hydrogen) atoms. The van der Waals surface area contributed by atoms with Crippen LogP contribution < -0.4 is 17.0 Å². The molecular formula is C10H22N4O. The van der Waals surface area contributed by atoms with E-state index in [0.717, 1.165) is 19.5 Å². The fourth-order valence-corrected chi connectivity index (χ4v) is 2.28. The molecule has 0 bridgehead atoms. The van der Waals surface area contributed by atoms with E-state index in [9.17, 15) is 4.79 Å². The summed E-state index contributed by atoms with van der Waals surface area (Å²) in [6.45, 7) is 6.63. The van der Waals surface area contributed by atoms with Gasteiger partial charge in [0, 0.05) is 6.54 Å². The third-order valence-corrected chi connectivity index (χ3v) is 3.09. The van der Waals surface area contributed by atoms with Crippen molar-refractivity contribution in [1.82, 2.24) is 10.3 Å². The van der Waals surface area contributed by atoms with Crippen LogP contribution in [0.2, 0.25) is 0 Å². The highest BCUT2D eigenvalue weighted by molar-refractivity contribution is 5.81. The molecule has 0 saturated carbocycles. The fraction of sp³-hybridized carbons (Fsp3) is 0.900. The zero-order valence-corrected chi connectivity index (χ0v) is 9.57. The van der Waals surface area contributed by atoms with Gasteiger partial charge in [0.25, 0.3) is 5.91 Å². The molecule has 1 rings (SSSR count). The van der Waals surface area contributed by atoms with E-state index >= 15 is 0 Å². The van der Waals surface area contributed by atoms with Gasteiger partial charge < -0.3 is 5.73 Å². The van der Waals surface area contributed by atoms with Gasteiger partial charge in [0.2, 0.25) is 0 Å². The predicted octanol–water partition coefficient (Wildman–Crippen LogP) is -0.718. The normalized spacial score (nSPS) is 24.5. The topological polar surface area (TPSA) is 84.4 Å². The smallest absolute Gasteiger partial charge is 0.251 e. The van der Waals surface area contributed by atoms with Gasteiger partial charge in [-0.05, 0) is 31.3 Å². The summed E-state index contributed by atoms with van der Waals surface area (Å²) in [6, 6.07) is -0.119. The van der Waals surface area contributed by atoms with Crippen molar-refractivity contribution in [2.45, 2.75) is 26.3 Å². The molecule has 1 saturated heterocycles. The van der Waals surface area contributed by atoms with Gasteiger partial charge in [-0.3, -0.25) is 15.1 Å². The number of nitrogens with two attached hydrogens (primary N) is 2. The number of hydrogen-bond acceptors (Lipinski definition) is 4. The molecule has 2 unspecified atom stereocenters. The molecule has 0 aromatic rings. The average Bonchev–Trinajstić information content (AvgIpc) is 2.65. The lowest BCUT2D eigenvalue weighted by Gasteiger charge is -2.29. The van der Waals surface area contributed by atoms with Crippen LogP contribution in [-0.2, 0) is 4.79 Å². The van der Waals surface area contributed by atoms with E-state index in [1.54, 1.807) is 0 Å². The first-order valence-corrected chi connectivity index (χ1v) is 5.54. The lowest BCUT2D eigenvalue weighted by molar-refractivity contribution is -0.127. The van der Waals surface area contributed by atoms with Gasteiger partial charge in [-0.1, -0.05) is 13.8 Å². The Labute approximate surface area is 91.1 Å². The summed E-state index contributed by atoms with van der Waals surface area (Å²) >= 11 is 0. The van der Waals surface area contributed by atoms with Crippen molar-refractivity contribution in [1.29, 1.82) is 0 Å². The second-order valence-corrected chi connectivity index (χ2v) is 4.58. The zero-order valence-electron chi connectivity index (χ0n) is 9.57. The van der Waals surface area contributed by atoms with Gasteiger partial charge in [0.1, 0.15) is 0 Å². The van der Waals surface area contributed by atoms with Crippen LogP contribution in [0, 0.1) is 11.8 Å². The molecule has 1 fully saturated rings. The minimum absolute atomic E-state index is 0.0947. The molecular weight excluding hydrogens is 192 g/mol. The summed E-state index contributed by atoms with van der Waals surface area (Å²) in [5.74, 6) is 5.89. The molecule has 5 N–H and O–H groups in total. The van der Waals surface area contributed by atoms with Crippen LogP contribution in [0.5, 0.6) is 0 Å². The Morgan fingerprint density at radius 2 is 2.27 bits per heavy atom. The fourth-order valence-electron chi connectivity index (χ4n) is 2.28. The van der Waals surface area contributed by atoms with Gasteiger partial charge in [0.15, 0.2) is 0 Å². The van der Waals surface area contributed by atoms with Crippen molar-refractivity contribution in [2.24, 2.45) is 23.4 Å². The maximum atomic E-state index is 11.6. The number of rotatable bonds is 4. The van der Waals surface area contributed by atoms with E-state index in [1.165, 1.54) is 0 Å². The number of nitrogens with zero attached hydrogens (tertiary/aromatic N) is 1. The van der Waals surface area contributed by atoms with Crippen molar-refractivity contribution < 1.29 is 4.79 Å². The first kappa shape index (κ1) is 12.4. The Hall–Kier alpha value is -0.650. The predicted molar refractivity (Wildman–Crippen MR) is 59.7 cm³/mol. The van der Waals surface area contributed by atoms with E-state index in [-0.39, 0.29) is 17.9 Å². The standard InChI is InChI=1S/C10H22N4O/c1-7(2)9(10(15)13-12)14-4-3-8(5-11)6-14/h7-9H,3-6,11-12H2,1-2H3,(H,13,15). The number of carbonyl (C=O) groups excluding carboxylic acids is 1. The molecule has 1 aliphatic heterocycles. The molecule has 5 heteroatoms. The van der Waals surface area contributed by atoms with Crippen LogP contribution >= 0.6 is 0 Å². The summed E-state index contributed by atoms with van der Waals surface area (Å²) in [5.41, 5.74) is 7.87. The van der Waals surface area contributed by atoms with E-state index in [1.807, 2.05) is 13.8 Å². The van der Waals surface area contributed by atoms with Crippen molar-refractivity contribution in [3.63, 3.8) is 0 Å². The first-order chi connectivity index (χ1) is 7.10. The Kier molecular flexibility index (Phi) is 4.50. The molecule has 0 radical (unpaired) electrons. The highest BCUT2D eigenvalue weighted by atomic mass is 16.2. The number of hydrogen-bond donors (Lipinski definition) is 3. The Morgan fingerprint density at radius 1 is 1.60 bits per heavy atom. The number of nitrogens with one attached hydrogen (secondary N) is 1. The lowest BCUT2D eigenvalue weighted by Crippen LogP contribution is -2.51. The van der Waals surface area contributed by atoms with Crippen LogP contribution in [-0.4, -0.2) is 36.5 Å². The van der Waals surface area contributed by atoms with E-state index < -0.39 is 0 Å². The van der Waals surface area contributed by atoms with Crippen molar-refractivity contribution >= 4 is 5.91 Å². The first-order valence-electron chi connectivity index (χ1n) is 5.54. The van der Waals surface area contributed by atoms with Gasteiger partial charge in [-0.2, -0.15) is 0 Å². The molecule has 5 nitrogen and oxygen atoms in total. The zero-order chi connectivity index (χ0) is 11.4. The summed E-state index contributed by atoms with van der Waals surface area (Å²) in [5, 5.41) is 0. The van der Waals surface area contributed by atoms with Crippen LogP contribution in [0.15, 0.2) is 0 Å². The van der Waals surface area contributed by atoms with Gasteiger partial charge in [-0.25, -0.2) is 5.84 Å². The van der Waals surface area contributed by atoms with Crippen molar-refractivity contribution in [2.75, 3.05) is 19.6 Å². The third-order valence-electron chi connectivity index (χ3n) is 3.09. The van der Waals surface area contributed by atoms with E-state index in [4.69, 9.17) is 11.6 Å². The maximum absolute atomic E-state index is 11.6. The minimum atomic E-state index is -0.119. The summed E-state index contributed by atoms with van der Waals surface area (Å²) in [4.78, 5) is 13.8. The van der Waals surface area contributed by atoms with Gasteiger partial charge in [-0.15, -0.1) is 0 Å². The number of carbonyl (C=O) groups is 1. The molecule has 0 aliphatic carbocycles. The molecule has 1 amide bonds. The molecule has 0 spiro atoms. The number of hydrazine groups is 1. The highest BCUT2D eigenvalue weighted by Crippen LogP contribution is 2.21. The molecule has 1 aliphatic rings. The van der Waals surface area contributed by atoms with Crippen LogP contribution in [0.3, 0.4) is 0 Å². The molecule has 0 aromatic carbocycles. The Bertz CT molecular complexity index is 219. The van der Waals surface area contributed by atoms with Crippen molar-refractivity contribution in [3.05, 3.63) is 0 Å². The summed E-state index contributed by atoms with van der Waals surface area (Å²) < 4.78 is 0. The Morgan fingerprint density at radius 3 is 2.67 bits per heavy atom. The third kappa shape index (κ3) is 2.90. The number of amides is 1. The minimum Gasteiger partial charge on any atom is -0.330 e. The van der Waals surface area contributed by atoms with Crippen LogP contribution in [0.4, 0.5) is 0 Å². The summed E-state index contributed by atoms with van der Waals surface area (Å²) in [6.07, 6.45) is 1.08. The maximum Gasteiger partial charge on any atom is 0.251 e. The number of likely N-dealkylation sites (tertiary alicyclic amines) is 1. The monoisotopic (exact) mass is 214 g/mol. The van der Waals surface area contributed by atoms with Gasteiger partial charge in [0.05, 0.1) is 6.04 Å². The van der Waals surface area contributed by atoms with E-state index in [0.29, 0.717) is 12.5 Å². The molecule has 2 atom stereocenters. The molecule has 88 valence electrons. The van der Waals surface area contributed by atoms with Crippen LogP contribution in [0.1, 0.15) is 20.3 Å². The van der Waals surface area contributed by atoms with Crippen molar-refractivity contribution in [3.8, 4) is 0 Å². The quantitative estimate of drug-likeness (QED) is 0.328. The molecule has 0 aromatic heterocycles. The molecule has 1 heterocycles. The Balaban J connectivity index is 2.61. The van der Waals surface area contributed by atoms with Crippen LogP contribution in [0.25, 0.3) is 0 Å². The average molecular weight is 214 g/mol. The second kappa shape index (κ2) is 5.44. The largest absolute Gasteiger partial charge is 0.330 e. The van der Waals surface area contributed by atoms with Gasteiger partial charge >= 0.3 is 0 Å². The highest BCUT2D eigenvalue weighted by Gasteiger charge is 2.33. The summed E-state index contributed by atoms with van der Waals surface area (Å²) in [7, 11) is 0. The SMILES string of the molecule is CC(C)C(C(=O)NN)N1CCC(CN)C1. The lowest BCUT2D eigenvalue weighted by atomic mass is 10.0. The second-order valence-electron chi connectivity index (χ2n) is 4.58.